The molecule has 2 aromatic carbocycles. The van der Waals surface area contributed by atoms with Crippen LogP contribution in [0, 0.1) is 0 Å². The van der Waals surface area contributed by atoms with E-state index in [1.54, 1.807) is 36.4 Å². The average Bonchev–Trinajstić information content (AvgIpc) is 3.09. The molecule has 0 aliphatic heterocycles. The van der Waals surface area contributed by atoms with Crippen molar-refractivity contribution in [1.29, 1.82) is 0 Å². The van der Waals surface area contributed by atoms with Crippen molar-refractivity contribution < 1.29 is 16.8 Å². The number of benzene rings is 2. The zero-order valence-corrected chi connectivity index (χ0v) is 15.1. The number of anilines is 1. The van der Waals surface area contributed by atoms with Gasteiger partial charge in [-0.3, -0.25) is 4.72 Å². The molecule has 0 bridgehead atoms. The van der Waals surface area contributed by atoms with Gasteiger partial charge >= 0.3 is 0 Å². The maximum absolute atomic E-state index is 12.5. The third-order valence-electron chi connectivity index (χ3n) is 3.39. The predicted octanol–water partition coefficient (Wildman–Crippen LogP) is 3.18. The summed E-state index contributed by atoms with van der Waals surface area (Å²) in [7, 11) is -7.84. The zero-order valence-electron chi connectivity index (χ0n) is 12.7. The van der Waals surface area contributed by atoms with E-state index in [0.717, 1.165) is 10.2 Å². The molecule has 25 heavy (non-hydrogen) atoms. The fraction of sp³-hybridized carbons (Fsp3) is 0. The van der Waals surface area contributed by atoms with Gasteiger partial charge in [-0.15, -0.1) is 0 Å². The summed E-state index contributed by atoms with van der Waals surface area (Å²) in [6, 6.07) is 15.3. The molecule has 0 aliphatic carbocycles. The highest BCUT2D eigenvalue weighted by Crippen LogP contribution is 2.24. The summed E-state index contributed by atoms with van der Waals surface area (Å²) in [6.07, 6.45) is 2.23. The van der Waals surface area contributed by atoms with Crippen molar-refractivity contribution in [2.45, 2.75) is 9.79 Å². The van der Waals surface area contributed by atoms with Crippen molar-refractivity contribution >= 4 is 37.3 Å². The van der Waals surface area contributed by atoms with Crippen LogP contribution in [-0.2, 0) is 20.0 Å². The van der Waals surface area contributed by atoms with Gasteiger partial charge in [-0.25, -0.2) is 20.8 Å². The normalized spacial score (nSPS) is 12.0. The number of rotatable bonds is 5. The van der Waals surface area contributed by atoms with E-state index in [4.69, 9.17) is 11.6 Å². The lowest BCUT2D eigenvalue weighted by Gasteiger charge is -2.08. The van der Waals surface area contributed by atoms with E-state index in [0.29, 0.717) is 0 Å². The molecule has 0 atom stereocenters. The van der Waals surface area contributed by atoms with Crippen LogP contribution >= 0.6 is 11.6 Å². The van der Waals surface area contributed by atoms with Crippen molar-refractivity contribution in [2.24, 2.45) is 0 Å². The van der Waals surface area contributed by atoms with Gasteiger partial charge in [0.1, 0.15) is 4.90 Å². The minimum absolute atomic E-state index is 0.0635. The average molecular weight is 397 g/mol. The lowest BCUT2D eigenvalue weighted by molar-refractivity contribution is 0.587. The van der Waals surface area contributed by atoms with E-state index < -0.39 is 20.0 Å². The smallest absolute Gasteiger partial charge is 0.267 e. The third-order valence-corrected chi connectivity index (χ3v) is 6.72. The van der Waals surface area contributed by atoms with E-state index in [-0.39, 0.29) is 20.5 Å². The van der Waals surface area contributed by atoms with Crippen LogP contribution < -0.4 is 4.72 Å². The standard InChI is InChI=1S/C16H13ClN2O4S2/c17-15-8-4-5-9-16(15)18-24(20,21)14-10-11-19(12-14)25(22,23)13-6-2-1-3-7-13/h1-12,18H. The fourth-order valence-corrected chi connectivity index (χ4v) is 4.73. The van der Waals surface area contributed by atoms with Crippen LogP contribution in [0.2, 0.25) is 5.02 Å². The summed E-state index contributed by atoms with van der Waals surface area (Å²) in [5.74, 6) is 0. The van der Waals surface area contributed by atoms with Gasteiger partial charge in [0.2, 0.25) is 0 Å². The monoisotopic (exact) mass is 396 g/mol. The van der Waals surface area contributed by atoms with Gasteiger partial charge in [0.05, 0.1) is 15.6 Å². The van der Waals surface area contributed by atoms with Gasteiger partial charge in [0.25, 0.3) is 20.0 Å². The van der Waals surface area contributed by atoms with Crippen LogP contribution in [0.25, 0.3) is 0 Å². The molecule has 0 fully saturated rings. The lowest BCUT2D eigenvalue weighted by atomic mass is 10.3. The number of halogens is 1. The second-order valence-electron chi connectivity index (χ2n) is 5.08. The number of aromatic nitrogens is 1. The molecular weight excluding hydrogens is 384 g/mol. The first kappa shape index (κ1) is 17.5. The molecular formula is C16H13ClN2O4S2. The minimum atomic E-state index is -3.98. The number of sulfonamides is 1. The highest BCUT2D eigenvalue weighted by atomic mass is 35.5. The molecule has 1 aromatic heterocycles. The number of hydrogen-bond acceptors (Lipinski definition) is 4. The summed E-state index contributed by atoms with van der Waals surface area (Å²) in [5.41, 5.74) is 0.211. The maximum Gasteiger partial charge on any atom is 0.267 e. The molecule has 0 unspecified atom stereocenters. The molecule has 130 valence electrons. The second kappa shape index (κ2) is 6.55. The van der Waals surface area contributed by atoms with Gasteiger partial charge in [-0.1, -0.05) is 41.9 Å². The summed E-state index contributed by atoms with van der Waals surface area (Å²) in [4.78, 5) is -0.125. The van der Waals surface area contributed by atoms with Crippen molar-refractivity contribution in [3.8, 4) is 0 Å². The molecule has 6 nitrogen and oxygen atoms in total. The molecule has 0 radical (unpaired) electrons. The summed E-state index contributed by atoms with van der Waals surface area (Å²) in [5, 5.41) is 0.238. The highest BCUT2D eigenvalue weighted by Gasteiger charge is 2.21. The zero-order chi connectivity index (χ0) is 18.1. The molecule has 3 aromatic rings. The van der Waals surface area contributed by atoms with Crippen molar-refractivity contribution in [3.63, 3.8) is 0 Å². The van der Waals surface area contributed by atoms with E-state index in [9.17, 15) is 16.8 Å². The Morgan fingerprint density at radius 2 is 1.44 bits per heavy atom. The molecule has 0 spiro atoms. The Kier molecular flexibility index (Phi) is 4.59. The van der Waals surface area contributed by atoms with Crippen LogP contribution in [0.5, 0.6) is 0 Å². The van der Waals surface area contributed by atoms with Crippen molar-refractivity contribution in [2.75, 3.05) is 4.72 Å². The fourth-order valence-electron chi connectivity index (χ4n) is 2.13. The van der Waals surface area contributed by atoms with Crippen molar-refractivity contribution in [3.05, 3.63) is 78.1 Å². The SMILES string of the molecule is O=S(=O)(Nc1ccccc1Cl)c1ccn(S(=O)(=O)c2ccccc2)c1. The number of nitrogens with one attached hydrogen (secondary N) is 1. The van der Waals surface area contributed by atoms with Gasteiger partial charge in [-0.2, -0.15) is 0 Å². The quantitative estimate of drug-likeness (QED) is 0.717. The van der Waals surface area contributed by atoms with Crippen LogP contribution in [0.15, 0.2) is 82.8 Å². The van der Waals surface area contributed by atoms with Crippen molar-refractivity contribution in [1.82, 2.24) is 3.97 Å². The van der Waals surface area contributed by atoms with Gasteiger partial charge in [0.15, 0.2) is 0 Å². The van der Waals surface area contributed by atoms with Gasteiger partial charge in [-0.05, 0) is 30.3 Å². The van der Waals surface area contributed by atoms with Gasteiger partial charge < -0.3 is 0 Å². The van der Waals surface area contributed by atoms with E-state index in [1.807, 2.05) is 0 Å². The van der Waals surface area contributed by atoms with E-state index in [1.165, 1.54) is 30.5 Å². The Balaban J connectivity index is 1.95. The maximum atomic E-state index is 12.5. The third kappa shape index (κ3) is 3.55. The first-order valence-electron chi connectivity index (χ1n) is 7.07. The van der Waals surface area contributed by atoms with Crippen LogP contribution in [-0.4, -0.2) is 20.8 Å². The molecule has 3 rings (SSSR count). The first-order chi connectivity index (χ1) is 11.8. The molecule has 0 aliphatic rings. The molecule has 9 heteroatoms. The predicted molar refractivity (Wildman–Crippen MR) is 95.7 cm³/mol. The Bertz CT molecular complexity index is 1110. The molecule has 1 heterocycles. The van der Waals surface area contributed by atoms with Gasteiger partial charge in [0, 0.05) is 12.4 Å². The molecule has 0 amide bonds. The Labute approximate surface area is 150 Å². The number of nitrogens with zero attached hydrogens (tertiary/aromatic N) is 1. The van der Waals surface area contributed by atoms with E-state index >= 15 is 0 Å². The molecule has 1 N–H and O–H groups in total. The lowest BCUT2D eigenvalue weighted by Crippen LogP contribution is -2.14. The second-order valence-corrected chi connectivity index (χ2v) is 9.01. The van der Waals surface area contributed by atoms with Crippen LogP contribution in [0.4, 0.5) is 5.69 Å². The van der Waals surface area contributed by atoms with E-state index in [2.05, 4.69) is 4.72 Å². The van der Waals surface area contributed by atoms with Crippen LogP contribution in [0.3, 0.4) is 0 Å². The molecule has 0 saturated carbocycles. The Hall–Kier alpha value is -2.29. The topological polar surface area (TPSA) is 85.2 Å². The summed E-state index contributed by atoms with van der Waals surface area (Å²) >= 11 is 5.95. The van der Waals surface area contributed by atoms with Crippen LogP contribution in [0.1, 0.15) is 0 Å². The highest BCUT2D eigenvalue weighted by molar-refractivity contribution is 7.93. The summed E-state index contributed by atoms with van der Waals surface area (Å²) < 4.78 is 53.1. The Morgan fingerprint density at radius 3 is 2.12 bits per heavy atom. The Morgan fingerprint density at radius 1 is 0.800 bits per heavy atom. The number of hydrogen-bond donors (Lipinski definition) is 1. The summed E-state index contributed by atoms with van der Waals surface area (Å²) in [6.45, 7) is 0. The molecule has 0 saturated heterocycles. The largest absolute Gasteiger partial charge is 0.278 e. The number of para-hydroxylation sites is 1. The minimum Gasteiger partial charge on any atom is -0.278 e. The first-order valence-corrected chi connectivity index (χ1v) is 10.4.